The highest BCUT2D eigenvalue weighted by molar-refractivity contribution is 6.30. The van der Waals surface area contributed by atoms with Crippen LogP contribution in [-0.4, -0.2) is 35.1 Å². The van der Waals surface area contributed by atoms with Crippen LogP contribution in [0.2, 0.25) is 5.02 Å². The molecule has 2 N–H and O–H groups in total. The Morgan fingerprint density at radius 1 is 1.03 bits per heavy atom. The Bertz CT molecular complexity index is 1110. The van der Waals surface area contributed by atoms with Crippen LogP contribution in [0.5, 0.6) is 0 Å². The summed E-state index contributed by atoms with van der Waals surface area (Å²) in [5.74, 6) is -0.599. The molecule has 1 fully saturated rings. The Kier molecular flexibility index (Phi) is 8.81. The molecule has 2 aliphatic carbocycles. The van der Waals surface area contributed by atoms with E-state index in [1.807, 2.05) is 54.6 Å². The summed E-state index contributed by atoms with van der Waals surface area (Å²) >= 11 is 6.11. The van der Waals surface area contributed by atoms with Crippen molar-refractivity contribution in [2.24, 2.45) is 11.8 Å². The van der Waals surface area contributed by atoms with Crippen LogP contribution in [-0.2, 0) is 25.5 Å². The van der Waals surface area contributed by atoms with Crippen LogP contribution in [0.1, 0.15) is 50.5 Å². The molecule has 1 saturated carbocycles. The first-order chi connectivity index (χ1) is 17.4. The van der Waals surface area contributed by atoms with E-state index in [0.29, 0.717) is 23.3 Å². The van der Waals surface area contributed by atoms with Gasteiger partial charge in [0.15, 0.2) is 0 Å². The number of carbonyl (C=O) groups excluding carboxylic acids is 2. The van der Waals surface area contributed by atoms with Gasteiger partial charge in [0.25, 0.3) is 0 Å². The molecule has 2 aromatic rings. The topological polar surface area (TPSA) is 92.7 Å². The van der Waals surface area contributed by atoms with Gasteiger partial charge in [0, 0.05) is 17.5 Å². The van der Waals surface area contributed by atoms with Gasteiger partial charge in [-0.1, -0.05) is 60.5 Å². The fourth-order valence-corrected chi connectivity index (χ4v) is 5.43. The third-order valence-electron chi connectivity index (χ3n) is 7.05. The number of fused-ring (bicyclic) bond motifs is 1. The van der Waals surface area contributed by atoms with Gasteiger partial charge in [-0.05, 0) is 72.4 Å². The van der Waals surface area contributed by atoms with Crippen LogP contribution in [0, 0.1) is 11.8 Å². The lowest BCUT2D eigenvalue weighted by molar-refractivity contribution is -0.148. The van der Waals surface area contributed by atoms with E-state index in [-0.39, 0.29) is 31.3 Å². The first kappa shape index (κ1) is 26.0. The van der Waals surface area contributed by atoms with Gasteiger partial charge < -0.3 is 15.2 Å². The summed E-state index contributed by atoms with van der Waals surface area (Å²) in [7, 11) is 0. The van der Waals surface area contributed by atoms with Crippen molar-refractivity contribution >= 4 is 29.4 Å². The van der Waals surface area contributed by atoms with E-state index in [2.05, 4.69) is 11.4 Å². The summed E-state index contributed by atoms with van der Waals surface area (Å²) in [5.41, 5.74) is 2.96. The van der Waals surface area contributed by atoms with Crippen LogP contribution in [0.25, 0.3) is 11.1 Å². The maximum Gasteiger partial charge on any atom is 0.308 e. The predicted octanol–water partition coefficient (Wildman–Crippen LogP) is 5.58. The van der Waals surface area contributed by atoms with E-state index in [1.54, 1.807) is 0 Å². The molecule has 0 spiro atoms. The molecule has 3 unspecified atom stereocenters. The molecule has 2 aliphatic rings. The number of allylic oxidation sites excluding steroid dienone is 1. The number of halogens is 1. The van der Waals surface area contributed by atoms with E-state index >= 15 is 0 Å². The number of esters is 1. The Balaban J connectivity index is 1.39. The SMILES string of the molecule is O=C(O)CCC(=O)N[C@@H](CC(=O)OC1C=CC2CCCC2C1)Cc1ccc(-c2cccc(Cl)c2)cc1. The molecule has 7 heteroatoms. The molecule has 0 bridgehead atoms. The molecule has 4 rings (SSSR count). The van der Waals surface area contributed by atoms with E-state index < -0.39 is 17.9 Å². The molecule has 4 atom stereocenters. The molecule has 0 aliphatic heterocycles. The molecule has 0 heterocycles. The Labute approximate surface area is 216 Å². The molecule has 2 aromatic carbocycles. The minimum absolute atomic E-state index is 0.0211. The number of carboxylic acids is 1. The first-order valence-corrected chi connectivity index (χ1v) is 13.0. The minimum Gasteiger partial charge on any atom is -0.481 e. The number of amides is 1. The Hall–Kier alpha value is -3.12. The zero-order valence-corrected chi connectivity index (χ0v) is 21.0. The number of aliphatic carboxylic acids is 1. The van der Waals surface area contributed by atoms with Gasteiger partial charge in [0.2, 0.25) is 5.91 Å². The number of hydrogen-bond acceptors (Lipinski definition) is 4. The molecule has 6 nitrogen and oxygen atoms in total. The zero-order chi connectivity index (χ0) is 25.5. The monoisotopic (exact) mass is 509 g/mol. The van der Waals surface area contributed by atoms with Crippen molar-refractivity contribution in [2.75, 3.05) is 0 Å². The van der Waals surface area contributed by atoms with E-state index in [4.69, 9.17) is 21.4 Å². The molecule has 0 radical (unpaired) electrons. The van der Waals surface area contributed by atoms with Gasteiger partial charge >= 0.3 is 11.9 Å². The van der Waals surface area contributed by atoms with Crippen molar-refractivity contribution in [3.63, 3.8) is 0 Å². The van der Waals surface area contributed by atoms with Crippen molar-refractivity contribution in [1.82, 2.24) is 5.32 Å². The fraction of sp³-hybridized carbons (Fsp3) is 0.414. The fourth-order valence-electron chi connectivity index (χ4n) is 5.24. The molecular formula is C29H32ClNO5. The van der Waals surface area contributed by atoms with Gasteiger partial charge in [0.05, 0.1) is 12.8 Å². The average molecular weight is 510 g/mol. The van der Waals surface area contributed by atoms with Gasteiger partial charge in [0.1, 0.15) is 6.10 Å². The molecule has 0 saturated heterocycles. The van der Waals surface area contributed by atoms with Crippen molar-refractivity contribution in [2.45, 2.75) is 63.5 Å². The molecule has 0 aromatic heterocycles. The summed E-state index contributed by atoms with van der Waals surface area (Å²) in [6, 6.07) is 15.0. The zero-order valence-electron chi connectivity index (χ0n) is 20.2. The summed E-state index contributed by atoms with van der Waals surface area (Å²) in [4.78, 5) is 36.0. The minimum atomic E-state index is -1.04. The highest BCUT2D eigenvalue weighted by atomic mass is 35.5. The molecule has 1 amide bonds. The second-order valence-corrected chi connectivity index (χ2v) is 10.2. The average Bonchev–Trinajstić information content (AvgIpc) is 3.31. The second kappa shape index (κ2) is 12.2. The van der Waals surface area contributed by atoms with Crippen LogP contribution < -0.4 is 5.32 Å². The van der Waals surface area contributed by atoms with Crippen LogP contribution in [0.3, 0.4) is 0 Å². The van der Waals surface area contributed by atoms with E-state index in [0.717, 1.165) is 23.1 Å². The Morgan fingerprint density at radius 2 is 1.83 bits per heavy atom. The lowest BCUT2D eigenvalue weighted by atomic mass is 9.85. The predicted molar refractivity (Wildman–Crippen MR) is 138 cm³/mol. The van der Waals surface area contributed by atoms with E-state index in [9.17, 15) is 14.4 Å². The maximum absolute atomic E-state index is 12.8. The molecule has 190 valence electrons. The smallest absolute Gasteiger partial charge is 0.308 e. The largest absolute Gasteiger partial charge is 0.481 e. The van der Waals surface area contributed by atoms with Crippen LogP contribution in [0.15, 0.2) is 60.7 Å². The standard InChI is InChI=1S/C29H32ClNO5/c30-24-6-2-5-22(16-24)21-9-7-19(8-10-21)15-25(31-27(32)13-14-28(33)34)18-29(35)36-26-12-11-20-3-1-4-23(20)17-26/h2,5-12,16,20,23,25-26H,1,3-4,13-15,17-18H2,(H,31,32)(H,33,34)/t20?,23?,25-,26?/m1/s1. The van der Waals surface area contributed by atoms with Crippen molar-refractivity contribution in [3.05, 3.63) is 71.3 Å². The third-order valence-corrected chi connectivity index (χ3v) is 7.28. The summed E-state index contributed by atoms with van der Waals surface area (Å²) < 4.78 is 5.75. The van der Waals surface area contributed by atoms with Gasteiger partial charge in [-0.3, -0.25) is 14.4 Å². The number of carboxylic acid groups (broad SMARTS) is 1. The van der Waals surface area contributed by atoms with Crippen LogP contribution in [0.4, 0.5) is 0 Å². The quantitative estimate of drug-likeness (QED) is 0.322. The summed E-state index contributed by atoms with van der Waals surface area (Å²) in [5, 5.41) is 12.4. The van der Waals surface area contributed by atoms with Gasteiger partial charge in [-0.2, -0.15) is 0 Å². The summed E-state index contributed by atoms with van der Waals surface area (Å²) in [6.45, 7) is 0. The normalized spacial score (nSPS) is 21.4. The first-order valence-electron chi connectivity index (χ1n) is 12.6. The molecular weight excluding hydrogens is 478 g/mol. The van der Waals surface area contributed by atoms with E-state index in [1.165, 1.54) is 19.3 Å². The van der Waals surface area contributed by atoms with Gasteiger partial charge in [-0.15, -0.1) is 0 Å². The van der Waals surface area contributed by atoms with Crippen molar-refractivity contribution < 1.29 is 24.2 Å². The Morgan fingerprint density at radius 3 is 2.58 bits per heavy atom. The van der Waals surface area contributed by atoms with Gasteiger partial charge in [-0.25, -0.2) is 0 Å². The number of hydrogen-bond donors (Lipinski definition) is 2. The summed E-state index contributed by atoms with van der Waals surface area (Å²) in [6.07, 6.45) is 8.48. The highest BCUT2D eigenvalue weighted by Crippen LogP contribution is 2.39. The second-order valence-electron chi connectivity index (χ2n) is 9.78. The third kappa shape index (κ3) is 7.44. The maximum atomic E-state index is 12.8. The molecule has 36 heavy (non-hydrogen) atoms. The lowest BCUT2D eigenvalue weighted by Gasteiger charge is -2.27. The number of ether oxygens (including phenoxy) is 1. The number of rotatable bonds is 10. The van der Waals surface area contributed by atoms with Crippen LogP contribution >= 0.6 is 11.6 Å². The van der Waals surface area contributed by atoms with Crippen molar-refractivity contribution in [3.8, 4) is 11.1 Å². The highest BCUT2D eigenvalue weighted by Gasteiger charge is 2.32. The number of nitrogens with one attached hydrogen (secondary N) is 1. The van der Waals surface area contributed by atoms with Crippen molar-refractivity contribution in [1.29, 1.82) is 0 Å². The number of carbonyl (C=O) groups is 3. The number of benzene rings is 2. The lowest BCUT2D eigenvalue weighted by Crippen LogP contribution is -2.39.